The molecule has 122 valence electrons. The number of rotatable bonds is 3. The third-order valence-corrected chi connectivity index (χ3v) is 4.19. The first kappa shape index (κ1) is 16.7. The number of nitrogens with two attached hydrogens (primary N) is 1. The lowest BCUT2D eigenvalue weighted by atomic mass is 9.81. The van der Waals surface area contributed by atoms with Gasteiger partial charge in [0.1, 0.15) is 5.82 Å². The average molecular weight is 318 g/mol. The van der Waals surface area contributed by atoms with Crippen LogP contribution in [0.1, 0.15) is 30.4 Å². The van der Waals surface area contributed by atoms with Gasteiger partial charge in [0, 0.05) is 12.0 Å². The summed E-state index contributed by atoms with van der Waals surface area (Å²) in [5.74, 6) is -2.24. The number of halogens is 4. The smallest absolute Gasteiger partial charge is 0.320 e. The Bertz CT molecular complexity index is 579. The van der Waals surface area contributed by atoms with Gasteiger partial charge in [-0.3, -0.25) is 9.69 Å². The molecule has 1 aliphatic rings. The van der Waals surface area contributed by atoms with E-state index in [1.54, 1.807) is 19.1 Å². The van der Waals surface area contributed by atoms with Crippen LogP contribution in [0, 0.1) is 12.7 Å². The predicted octanol–water partition coefficient (Wildman–Crippen LogP) is 2.73. The summed E-state index contributed by atoms with van der Waals surface area (Å²) in [5.41, 5.74) is 6.22. The van der Waals surface area contributed by atoms with E-state index >= 15 is 0 Å². The maximum Gasteiger partial charge on any atom is 0.356 e. The number of carbonyl (C=O) groups is 1. The molecular formula is C15H18F4N2O. The Balaban J connectivity index is 2.46. The Morgan fingerprint density at radius 2 is 2.05 bits per heavy atom. The molecule has 0 unspecified atom stereocenters. The summed E-state index contributed by atoms with van der Waals surface area (Å²) in [6.07, 6.45) is 0.0409. The summed E-state index contributed by atoms with van der Waals surface area (Å²) in [4.78, 5) is 12.1. The van der Waals surface area contributed by atoms with Gasteiger partial charge in [0.05, 0.1) is 6.04 Å². The fourth-order valence-corrected chi connectivity index (χ4v) is 3.00. The molecule has 0 saturated carbocycles. The van der Waals surface area contributed by atoms with E-state index in [2.05, 4.69) is 0 Å². The third-order valence-electron chi connectivity index (χ3n) is 4.19. The van der Waals surface area contributed by atoms with E-state index in [9.17, 15) is 22.4 Å². The van der Waals surface area contributed by atoms with Crippen LogP contribution in [-0.2, 0) is 4.79 Å². The van der Waals surface area contributed by atoms with Gasteiger partial charge in [-0.15, -0.1) is 0 Å². The molecule has 3 nitrogen and oxygen atoms in total. The third kappa shape index (κ3) is 2.69. The summed E-state index contributed by atoms with van der Waals surface area (Å²) in [5, 5.41) is 0. The molecule has 1 aromatic rings. The second-order valence-corrected chi connectivity index (χ2v) is 5.68. The Morgan fingerprint density at radius 3 is 2.64 bits per heavy atom. The number of piperidine rings is 1. The SMILES string of the molecule is Cc1cccc([C@@H]2C[C@H](N)C(=O)N(C(F)(F)CF)[C@@H]2C)c1F. The zero-order valence-corrected chi connectivity index (χ0v) is 12.3. The van der Waals surface area contributed by atoms with Gasteiger partial charge in [-0.1, -0.05) is 18.2 Å². The lowest BCUT2D eigenvalue weighted by Gasteiger charge is -2.44. The van der Waals surface area contributed by atoms with Crippen molar-refractivity contribution in [1.82, 2.24) is 4.90 Å². The highest BCUT2D eigenvalue weighted by molar-refractivity contribution is 5.83. The average Bonchev–Trinajstić information content (AvgIpc) is 2.46. The molecular weight excluding hydrogens is 300 g/mol. The van der Waals surface area contributed by atoms with Gasteiger partial charge in [0.2, 0.25) is 5.91 Å². The second kappa shape index (κ2) is 5.87. The monoisotopic (exact) mass is 318 g/mol. The van der Waals surface area contributed by atoms with Gasteiger partial charge in [-0.25, -0.2) is 8.78 Å². The molecule has 0 bridgehead atoms. The second-order valence-electron chi connectivity index (χ2n) is 5.68. The van der Waals surface area contributed by atoms with Gasteiger partial charge in [0.15, 0.2) is 6.67 Å². The molecule has 1 aliphatic heterocycles. The molecule has 1 heterocycles. The molecule has 1 amide bonds. The van der Waals surface area contributed by atoms with Crippen LogP contribution >= 0.6 is 0 Å². The van der Waals surface area contributed by atoms with Crippen LogP contribution in [0.15, 0.2) is 18.2 Å². The van der Waals surface area contributed by atoms with E-state index in [4.69, 9.17) is 5.73 Å². The zero-order valence-electron chi connectivity index (χ0n) is 12.3. The number of likely N-dealkylation sites (tertiary alicyclic amines) is 1. The van der Waals surface area contributed by atoms with Gasteiger partial charge in [0.25, 0.3) is 0 Å². The topological polar surface area (TPSA) is 46.3 Å². The van der Waals surface area contributed by atoms with Crippen molar-refractivity contribution in [1.29, 1.82) is 0 Å². The number of hydrogen-bond acceptors (Lipinski definition) is 2. The molecule has 22 heavy (non-hydrogen) atoms. The van der Waals surface area contributed by atoms with Crippen LogP contribution < -0.4 is 5.73 Å². The number of hydrogen-bond donors (Lipinski definition) is 1. The maximum absolute atomic E-state index is 14.3. The van der Waals surface area contributed by atoms with E-state index in [0.717, 1.165) is 0 Å². The van der Waals surface area contributed by atoms with Crippen molar-refractivity contribution >= 4 is 5.91 Å². The molecule has 2 rings (SSSR count). The normalized spacial score (nSPS) is 26.4. The van der Waals surface area contributed by atoms with Crippen molar-refractivity contribution < 1.29 is 22.4 Å². The highest BCUT2D eigenvalue weighted by Crippen LogP contribution is 2.39. The van der Waals surface area contributed by atoms with Crippen molar-refractivity contribution in [3.63, 3.8) is 0 Å². The Kier molecular flexibility index (Phi) is 4.47. The first-order valence-electron chi connectivity index (χ1n) is 6.98. The lowest BCUT2D eigenvalue weighted by Crippen LogP contribution is -2.62. The minimum atomic E-state index is -3.95. The summed E-state index contributed by atoms with van der Waals surface area (Å²) in [7, 11) is 0. The van der Waals surface area contributed by atoms with E-state index in [1.807, 2.05) is 0 Å². The molecule has 1 fully saturated rings. The van der Waals surface area contributed by atoms with Crippen LogP contribution in [0.3, 0.4) is 0 Å². The summed E-state index contributed by atoms with van der Waals surface area (Å²) in [6.45, 7) is 0.921. The van der Waals surface area contributed by atoms with Crippen molar-refractivity contribution in [2.75, 3.05) is 6.67 Å². The maximum atomic E-state index is 14.3. The van der Waals surface area contributed by atoms with Gasteiger partial charge in [-0.05, 0) is 31.4 Å². The Morgan fingerprint density at radius 1 is 1.41 bits per heavy atom. The fraction of sp³-hybridized carbons (Fsp3) is 0.533. The summed E-state index contributed by atoms with van der Waals surface area (Å²) in [6, 6.07) is -1.57. The van der Waals surface area contributed by atoms with E-state index in [0.29, 0.717) is 5.56 Å². The molecule has 7 heteroatoms. The van der Waals surface area contributed by atoms with Crippen molar-refractivity contribution in [2.45, 2.75) is 44.3 Å². The van der Waals surface area contributed by atoms with E-state index in [-0.39, 0.29) is 16.9 Å². The molecule has 0 aromatic heterocycles. The first-order valence-corrected chi connectivity index (χ1v) is 6.98. The number of nitrogens with zero attached hydrogens (tertiary/aromatic N) is 1. The number of benzene rings is 1. The standard InChI is InChI=1S/C15H18F4N2O/c1-8-4-3-5-10(13(8)17)11-6-12(20)14(22)21(9(11)2)15(18,19)7-16/h3-5,9,11-12H,6-7,20H2,1-2H3/t9-,11-,12+/m1/s1. The Hall–Kier alpha value is -1.63. The first-order chi connectivity index (χ1) is 10.2. The molecule has 0 aliphatic carbocycles. The largest absolute Gasteiger partial charge is 0.356 e. The highest BCUT2D eigenvalue weighted by atomic mass is 19.3. The van der Waals surface area contributed by atoms with E-state index in [1.165, 1.54) is 13.0 Å². The van der Waals surface area contributed by atoms with Gasteiger partial charge >= 0.3 is 6.05 Å². The number of alkyl halides is 3. The summed E-state index contributed by atoms with van der Waals surface area (Å²) < 4.78 is 54.5. The van der Waals surface area contributed by atoms with Gasteiger partial charge < -0.3 is 5.73 Å². The highest BCUT2D eigenvalue weighted by Gasteiger charge is 2.50. The fourth-order valence-electron chi connectivity index (χ4n) is 3.00. The number of amides is 1. The van der Waals surface area contributed by atoms with Crippen molar-refractivity contribution in [3.8, 4) is 0 Å². The Labute approximate surface area is 126 Å². The summed E-state index contributed by atoms with van der Waals surface area (Å²) >= 11 is 0. The molecule has 1 saturated heterocycles. The van der Waals surface area contributed by atoms with Crippen molar-refractivity contribution in [3.05, 3.63) is 35.1 Å². The van der Waals surface area contributed by atoms with E-state index < -0.39 is 42.4 Å². The van der Waals surface area contributed by atoms with Crippen LogP contribution in [0.2, 0.25) is 0 Å². The van der Waals surface area contributed by atoms with Crippen LogP contribution in [-0.4, -0.2) is 35.6 Å². The minimum Gasteiger partial charge on any atom is -0.320 e. The lowest BCUT2D eigenvalue weighted by molar-refractivity contribution is -0.197. The van der Waals surface area contributed by atoms with Gasteiger partial charge in [-0.2, -0.15) is 8.78 Å². The molecule has 2 N–H and O–H groups in total. The number of aryl methyl sites for hydroxylation is 1. The van der Waals surface area contributed by atoms with Crippen molar-refractivity contribution in [2.24, 2.45) is 5.73 Å². The van der Waals surface area contributed by atoms with Crippen LogP contribution in [0.4, 0.5) is 17.6 Å². The molecule has 0 radical (unpaired) electrons. The van der Waals surface area contributed by atoms with Crippen LogP contribution in [0.5, 0.6) is 0 Å². The molecule has 3 atom stereocenters. The quantitative estimate of drug-likeness (QED) is 0.688. The molecule has 0 spiro atoms. The minimum absolute atomic E-state index is 0.0409. The zero-order chi connectivity index (χ0) is 16.7. The predicted molar refractivity (Wildman–Crippen MR) is 73.7 cm³/mol. The molecule has 1 aromatic carbocycles. The van der Waals surface area contributed by atoms with Crippen LogP contribution in [0.25, 0.3) is 0 Å². The number of carbonyl (C=O) groups excluding carboxylic acids is 1.